The van der Waals surface area contributed by atoms with Gasteiger partial charge in [-0.3, -0.25) is 4.79 Å². The Bertz CT molecular complexity index is 993. The molecule has 2 aromatic rings. The maximum atomic E-state index is 13.0. The summed E-state index contributed by atoms with van der Waals surface area (Å²) in [6.45, 7) is 9.42. The molecule has 0 saturated heterocycles. The average molecular weight is 390 g/mol. The highest BCUT2D eigenvalue weighted by Gasteiger charge is 2.63. The van der Waals surface area contributed by atoms with Crippen molar-refractivity contribution in [3.63, 3.8) is 0 Å². The predicted octanol–water partition coefficient (Wildman–Crippen LogP) is 6.74. The van der Waals surface area contributed by atoms with Crippen molar-refractivity contribution < 1.29 is 4.79 Å². The quantitative estimate of drug-likeness (QED) is 0.579. The molecule has 0 bridgehead atoms. The van der Waals surface area contributed by atoms with Crippen LogP contribution in [-0.4, -0.2) is 10.8 Å². The van der Waals surface area contributed by atoms with Crippen molar-refractivity contribution in [2.45, 2.75) is 78.1 Å². The van der Waals surface area contributed by atoms with Gasteiger partial charge in [0, 0.05) is 34.4 Å². The number of hydrogen-bond donors (Lipinski definition) is 1. The first-order chi connectivity index (χ1) is 13.9. The molecule has 0 aliphatic heterocycles. The summed E-state index contributed by atoms with van der Waals surface area (Å²) in [4.78, 5) is 16.8. The van der Waals surface area contributed by atoms with Gasteiger partial charge >= 0.3 is 0 Å². The Balaban J connectivity index is 1.58. The van der Waals surface area contributed by atoms with Gasteiger partial charge in [-0.25, -0.2) is 0 Å². The van der Waals surface area contributed by atoms with Gasteiger partial charge in [0.2, 0.25) is 0 Å². The SMILES string of the molecule is CC(C)=CCCC1C(=O)CCC2(C)C1CCC1Cc3[nH]c4ccccc4c3C12C. The fraction of sp³-hybridized carbons (Fsp3) is 0.593. The average Bonchev–Trinajstić information content (AvgIpc) is 3.19. The molecule has 1 aromatic heterocycles. The number of allylic oxidation sites excluding steroid dienone is 2. The summed E-state index contributed by atoms with van der Waals surface area (Å²) in [5, 5.41) is 1.42. The normalized spacial score (nSPS) is 35.9. The van der Waals surface area contributed by atoms with Gasteiger partial charge in [0.15, 0.2) is 0 Å². The second-order valence-electron chi connectivity index (χ2n) is 10.7. The van der Waals surface area contributed by atoms with E-state index in [0.717, 1.165) is 25.7 Å². The largest absolute Gasteiger partial charge is 0.358 e. The summed E-state index contributed by atoms with van der Waals surface area (Å²) in [7, 11) is 0. The molecule has 1 N–H and O–H groups in total. The van der Waals surface area contributed by atoms with Crippen molar-refractivity contribution in [2.75, 3.05) is 0 Å². The molecule has 2 fully saturated rings. The molecule has 5 unspecified atom stereocenters. The van der Waals surface area contributed by atoms with Crippen molar-refractivity contribution >= 4 is 16.7 Å². The highest BCUT2D eigenvalue weighted by molar-refractivity contribution is 5.87. The molecule has 2 nitrogen and oxygen atoms in total. The summed E-state index contributed by atoms with van der Waals surface area (Å²) in [5.41, 5.74) is 6.08. The summed E-state index contributed by atoms with van der Waals surface area (Å²) in [6, 6.07) is 8.85. The molecule has 3 aliphatic carbocycles. The van der Waals surface area contributed by atoms with Crippen LogP contribution >= 0.6 is 0 Å². The highest BCUT2D eigenvalue weighted by Crippen LogP contribution is 2.67. The van der Waals surface area contributed by atoms with E-state index in [-0.39, 0.29) is 16.7 Å². The maximum Gasteiger partial charge on any atom is 0.136 e. The maximum absolute atomic E-state index is 13.0. The number of fused-ring (bicyclic) bond motifs is 7. The third kappa shape index (κ3) is 2.57. The number of aromatic amines is 1. The van der Waals surface area contributed by atoms with E-state index in [9.17, 15) is 4.79 Å². The number of nitrogens with one attached hydrogen (secondary N) is 1. The molecule has 1 aromatic carbocycles. The molecule has 29 heavy (non-hydrogen) atoms. The molecule has 154 valence electrons. The summed E-state index contributed by atoms with van der Waals surface area (Å²) >= 11 is 0. The van der Waals surface area contributed by atoms with Crippen LogP contribution in [0.25, 0.3) is 10.9 Å². The molecule has 5 rings (SSSR count). The standard InChI is InChI=1S/C27H35NO/c1-17(2)8-7-10-19-21-13-12-18-16-23-25(20-9-5-6-11-22(20)28-23)27(18,4)26(21,3)15-14-24(19)29/h5-6,8-9,11,18-19,21,28H,7,10,12-16H2,1-4H3. The number of ketones is 1. The number of rotatable bonds is 3. The van der Waals surface area contributed by atoms with Crippen LogP contribution in [0.15, 0.2) is 35.9 Å². The summed E-state index contributed by atoms with van der Waals surface area (Å²) < 4.78 is 0. The lowest BCUT2D eigenvalue weighted by Crippen LogP contribution is -2.58. The number of benzene rings is 1. The third-order valence-electron chi connectivity index (χ3n) is 9.22. The highest BCUT2D eigenvalue weighted by atomic mass is 16.1. The van der Waals surface area contributed by atoms with Gasteiger partial charge in [-0.05, 0) is 81.3 Å². The van der Waals surface area contributed by atoms with Crippen LogP contribution < -0.4 is 0 Å². The number of hydrogen-bond acceptors (Lipinski definition) is 1. The monoisotopic (exact) mass is 389 g/mol. The molecule has 0 amide bonds. The van der Waals surface area contributed by atoms with E-state index in [4.69, 9.17) is 0 Å². The molecule has 0 radical (unpaired) electrons. The van der Waals surface area contributed by atoms with Crippen LogP contribution in [0.1, 0.15) is 77.5 Å². The topological polar surface area (TPSA) is 32.9 Å². The number of aromatic nitrogens is 1. The lowest BCUT2D eigenvalue weighted by Gasteiger charge is -2.60. The number of para-hydroxylation sites is 1. The van der Waals surface area contributed by atoms with Crippen molar-refractivity contribution in [3.8, 4) is 0 Å². The van der Waals surface area contributed by atoms with E-state index in [1.807, 2.05) is 0 Å². The van der Waals surface area contributed by atoms with Crippen molar-refractivity contribution in [2.24, 2.45) is 23.2 Å². The van der Waals surface area contributed by atoms with Crippen LogP contribution in [0.5, 0.6) is 0 Å². The smallest absolute Gasteiger partial charge is 0.136 e. The minimum atomic E-state index is 0.167. The molecule has 2 heteroatoms. The van der Waals surface area contributed by atoms with E-state index >= 15 is 0 Å². The van der Waals surface area contributed by atoms with Gasteiger partial charge in [-0.15, -0.1) is 0 Å². The Labute approximate surface area is 175 Å². The van der Waals surface area contributed by atoms with Gasteiger partial charge in [0.25, 0.3) is 0 Å². The zero-order valence-corrected chi connectivity index (χ0v) is 18.5. The lowest BCUT2D eigenvalue weighted by molar-refractivity contribution is -0.141. The molecule has 0 spiro atoms. The molecule has 2 saturated carbocycles. The molecule has 3 aliphatic rings. The Morgan fingerprint density at radius 1 is 1.21 bits per heavy atom. The van der Waals surface area contributed by atoms with E-state index in [1.54, 1.807) is 5.56 Å². The van der Waals surface area contributed by atoms with Gasteiger partial charge in [0.1, 0.15) is 5.78 Å². The summed E-state index contributed by atoms with van der Waals surface area (Å²) in [5.74, 6) is 2.02. The van der Waals surface area contributed by atoms with Crippen LogP contribution in [-0.2, 0) is 16.6 Å². The van der Waals surface area contributed by atoms with Crippen LogP contribution in [0, 0.1) is 23.2 Å². The van der Waals surface area contributed by atoms with E-state index in [1.165, 1.54) is 41.4 Å². The Morgan fingerprint density at radius 3 is 2.79 bits per heavy atom. The summed E-state index contributed by atoms with van der Waals surface area (Å²) in [6.07, 6.45) is 9.90. The fourth-order valence-corrected chi connectivity index (χ4v) is 7.62. The Morgan fingerprint density at radius 2 is 2.00 bits per heavy atom. The van der Waals surface area contributed by atoms with Crippen molar-refractivity contribution in [3.05, 3.63) is 47.2 Å². The van der Waals surface area contributed by atoms with Crippen molar-refractivity contribution in [1.29, 1.82) is 0 Å². The molecule has 1 heterocycles. The Hall–Kier alpha value is -1.83. The number of H-pyrrole nitrogens is 1. The first-order valence-corrected chi connectivity index (χ1v) is 11.6. The van der Waals surface area contributed by atoms with Crippen LogP contribution in [0.4, 0.5) is 0 Å². The number of carbonyl (C=O) groups is 1. The zero-order chi connectivity index (χ0) is 20.4. The van der Waals surface area contributed by atoms with Gasteiger partial charge in [-0.1, -0.05) is 43.7 Å². The minimum absolute atomic E-state index is 0.167. The van der Waals surface area contributed by atoms with Crippen molar-refractivity contribution in [1.82, 2.24) is 4.98 Å². The van der Waals surface area contributed by atoms with Gasteiger partial charge in [0.05, 0.1) is 0 Å². The third-order valence-corrected chi connectivity index (χ3v) is 9.22. The van der Waals surface area contributed by atoms with E-state index in [0.29, 0.717) is 17.6 Å². The van der Waals surface area contributed by atoms with E-state index in [2.05, 4.69) is 63.0 Å². The van der Waals surface area contributed by atoms with Gasteiger partial charge < -0.3 is 4.98 Å². The molecular weight excluding hydrogens is 354 g/mol. The minimum Gasteiger partial charge on any atom is -0.358 e. The second-order valence-corrected chi connectivity index (χ2v) is 10.7. The lowest BCUT2D eigenvalue weighted by atomic mass is 9.43. The van der Waals surface area contributed by atoms with Crippen LogP contribution in [0.2, 0.25) is 0 Å². The first-order valence-electron chi connectivity index (χ1n) is 11.6. The number of Topliss-reactive ketones (excluding diaryl/α,β-unsaturated/α-hetero) is 1. The Kier molecular flexibility index (Phi) is 4.35. The number of carbonyl (C=O) groups excluding carboxylic acids is 1. The van der Waals surface area contributed by atoms with E-state index < -0.39 is 0 Å². The zero-order valence-electron chi connectivity index (χ0n) is 18.5. The van der Waals surface area contributed by atoms with Crippen LogP contribution in [0.3, 0.4) is 0 Å². The fourth-order valence-electron chi connectivity index (χ4n) is 7.62. The molecule has 5 atom stereocenters. The predicted molar refractivity (Wildman–Crippen MR) is 120 cm³/mol. The second kappa shape index (κ2) is 6.59. The first kappa shape index (κ1) is 19.2. The molecular formula is C27H35NO. The van der Waals surface area contributed by atoms with Gasteiger partial charge in [-0.2, -0.15) is 0 Å².